The summed E-state index contributed by atoms with van der Waals surface area (Å²) in [6, 6.07) is 4.50. The average Bonchev–Trinajstić information content (AvgIpc) is 2.72. The van der Waals surface area contributed by atoms with Crippen LogP contribution in [0.1, 0.15) is 24.2 Å². The van der Waals surface area contributed by atoms with E-state index in [1.54, 1.807) is 16.9 Å². The zero-order valence-electron chi connectivity index (χ0n) is 9.27. The number of nitrogens with two attached hydrogens (primary N) is 1. The van der Waals surface area contributed by atoms with Gasteiger partial charge in [-0.3, -0.25) is 0 Å². The van der Waals surface area contributed by atoms with Crippen LogP contribution in [0.4, 0.5) is 4.39 Å². The van der Waals surface area contributed by atoms with Crippen molar-refractivity contribution >= 4 is 11.6 Å². The van der Waals surface area contributed by atoms with Crippen LogP contribution in [-0.4, -0.2) is 15.0 Å². The monoisotopic (exact) mass is 254 g/mol. The molecule has 4 nitrogen and oxygen atoms in total. The Balaban J connectivity index is 2.16. The van der Waals surface area contributed by atoms with Crippen LogP contribution in [0, 0.1) is 5.82 Å². The highest BCUT2D eigenvalue weighted by atomic mass is 35.5. The minimum atomic E-state index is -0.434. The van der Waals surface area contributed by atoms with Gasteiger partial charge in [0.05, 0.1) is 23.5 Å². The van der Waals surface area contributed by atoms with E-state index in [4.69, 9.17) is 17.3 Å². The molecular formula is C11H12ClFN4. The van der Waals surface area contributed by atoms with Crippen LogP contribution >= 0.6 is 11.6 Å². The highest BCUT2D eigenvalue weighted by Crippen LogP contribution is 2.16. The van der Waals surface area contributed by atoms with Crippen LogP contribution in [0.5, 0.6) is 0 Å². The molecule has 0 aliphatic heterocycles. The molecule has 0 saturated heterocycles. The van der Waals surface area contributed by atoms with Gasteiger partial charge >= 0.3 is 0 Å². The lowest BCUT2D eigenvalue weighted by molar-refractivity contribution is 0.614. The van der Waals surface area contributed by atoms with Crippen molar-refractivity contribution in [3.63, 3.8) is 0 Å². The molecule has 0 radical (unpaired) electrons. The zero-order valence-corrected chi connectivity index (χ0v) is 10.0. The molecule has 0 saturated carbocycles. The van der Waals surface area contributed by atoms with Crippen LogP contribution in [0.3, 0.4) is 0 Å². The van der Waals surface area contributed by atoms with Gasteiger partial charge in [-0.05, 0) is 24.6 Å². The molecular weight excluding hydrogens is 243 g/mol. The van der Waals surface area contributed by atoms with Crippen molar-refractivity contribution < 1.29 is 4.39 Å². The van der Waals surface area contributed by atoms with Gasteiger partial charge in [0.2, 0.25) is 0 Å². The molecule has 0 amide bonds. The van der Waals surface area contributed by atoms with E-state index in [2.05, 4.69) is 10.3 Å². The number of hydrogen-bond donors (Lipinski definition) is 1. The molecule has 0 fully saturated rings. The topological polar surface area (TPSA) is 56.7 Å². The molecule has 1 aromatic heterocycles. The first-order valence-corrected chi connectivity index (χ1v) is 5.53. The maximum atomic E-state index is 13.2. The van der Waals surface area contributed by atoms with Gasteiger partial charge in [0, 0.05) is 6.04 Å². The quantitative estimate of drug-likeness (QED) is 0.913. The van der Waals surface area contributed by atoms with Gasteiger partial charge in [-0.15, -0.1) is 5.10 Å². The fraction of sp³-hybridized carbons (Fsp3) is 0.273. The number of rotatable bonds is 3. The maximum Gasteiger partial charge on any atom is 0.142 e. The van der Waals surface area contributed by atoms with Gasteiger partial charge < -0.3 is 5.73 Å². The van der Waals surface area contributed by atoms with Crippen molar-refractivity contribution in [3.8, 4) is 0 Å². The third-order valence-electron chi connectivity index (χ3n) is 2.35. The summed E-state index contributed by atoms with van der Waals surface area (Å²) in [7, 11) is 0. The number of aromatic nitrogens is 3. The fourth-order valence-corrected chi connectivity index (χ4v) is 1.54. The molecule has 2 rings (SSSR count). The zero-order chi connectivity index (χ0) is 12.4. The molecule has 2 aromatic rings. The molecule has 1 heterocycles. The van der Waals surface area contributed by atoms with Crippen LogP contribution in [-0.2, 0) is 6.54 Å². The molecule has 2 N–H and O–H groups in total. The van der Waals surface area contributed by atoms with Gasteiger partial charge in [0.15, 0.2) is 0 Å². The first-order valence-electron chi connectivity index (χ1n) is 5.16. The van der Waals surface area contributed by atoms with E-state index in [1.165, 1.54) is 12.1 Å². The van der Waals surface area contributed by atoms with E-state index in [1.807, 2.05) is 6.92 Å². The summed E-state index contributed by atoms with van der Waals surface area (Å²) in [6.07, 6.45) is 1.75. The highest BCUT2D eigenvalue weighted by molar-refractivity contribution is 6.30. The van der Waals surface area contributed by atoms with E-state index >= 15 is 0 Å². The predicted molar refractivity (Wildman–Crippen MR) is 63.1 cm³/mol. The fourth-order valence-electron chi connectivity index (χ4n) is 1.42. The Hall–Kier alpha value is -1.46. The molecule has 0 aliphatic rings. The van der Waals surface area contributed by atoms with Crippen LogP contribution in [0.25, 0.3) is 0 Å². The second kappa shape index (κ2) is 4.81. The Morgan fingerprint density at radius 2 is 2.29 bits per heavy atom. The Morgan fingerprint density at radius 1 is 1.53 bits per heavy atom. The van der Waals surface area contributed by atoms with Gasteiger partial charge in [0.1, 0.15) is 5.82 Å². The number of nitrogens with zero attached hydrogens (tertiary/aromatic N) is 3. The van der Waals surface area contributed by atoms with Crippen LogP contribution in [0.15, 0.2) is 24.4 Å². The number of benzene rings is 1. The van der Waals surface area contributed by atoms with Crippen molar-refractivity contribution in [2.45, 2.75) is 19.5 Å². The smallest absolute Gasteiger partial charge is 0.142 e. The summed E-state index contributed by atoms with van der Waals surface area (Å²) in [4.78, 5) is 0. The summed E-state index contributed by atoms with van der Waals surface area (Å²) in [5.74, 6) is -0.434. The molecule has 1 unspecified atom stereocenters. The minimum absolute atomic E-state index is 0.114. The van der Waals surface area contributed by atoms with Crippen molar-refractivity contribution in [2.24, 2.45) is 5.73 Å². The van der Waals surface area contributed by atoms with Crippen LogP contribution < -0.4 is 5.73 Å². The van der Waals surface area contributed by atoms with Crippen molar-refractivity contribution in [1.82, 2.24) is 15.0 Å². The number of hydrogen-bond acceptors (Lipinski definition) is 3. The molecule has 1 aromatic carbocycles. The molecule has 0 bridgehead atoms. The lowest BCUT2D eigenvalue weighted by atomic mass is 10.2. The van der Waals surface area contributed by atoms with E-state index in [0.29, 0.717) is 12.2 Å². The first-order chi connectivity index (χ1) is 8.06. The summed E-state index contributed by atoms with van der Waals surface area (Å²) in [5.41, 5.74) is 7.15. The van der Waals surface area contributed by atoms with Crippen LogP contribution in [0.2, 0.25) is 5.02 Å². The average molecular weight is 255 g/mol. The van der Waals surface area contributed by atoms with E-state index in [-0.39, 0.29) is 11.1 Å². The van der Waals surface area contributed by atoms with E-state index in [0.717, 1.165) is 5.56 Å². The Morgan fingerprint density at radius 3 is 2.88 bits per heavy atom. The Labute approximate surface area is 103 Å². The van der Waals surface area contributed by atoms with E-state index < -0.39 is 5.82 Å². The second-order valence-corrected chi connectivity index (χ2v) is 4.29. The van der Waals surface area contributed by atoms with Crippen molar-refractivity contribution in [3.05, 3.63) is 46.5 Å². The standard InChI is InChI=1S/C11H12ClFN4/c1-7(14)11-6-17(16-15-11)5-8-2-3-9(12)10(13)4-8/h2-4,6-7H,5,14H2,1H3. The molecule has 6 heteroatoms. The van der Waals surface area contributed by atoms with Gasteiger partial charge in [-0.1, -0.05) is 22.9 Å². The summed E-state index contributed by atoms with van der Waals surface area (Å²) >= 11 is 5.60. The molecule has 17 heavy (non-hydrogen) atoms. The summed E-state index contributed by atoms with van der Waals surface area (Å²) in [6.45, 7) is 2.27. The minimum Gasteiger partial charge on any atom is -0.323 e. The van der Waals surface area contributed by atoms with Crippen molar-refractivity contribution in [2.75, 3.05) is 0 Å². The van der Waals surface area contributed by atoms with E-state index in [9.17, 15) is 4.39 Å². The highest BCUT2D eigenvalue weighted by Gasteiger charge is 2.06. The van der Waals surface area contributed by atoms with Gasteiger partial charge in [-0.25, -0.2) is 9.07 Å². The van der Waals surface area contributed by atoms with Gasteiger partial charge in [-0.2, -0.15) is 0 Å². The maximum absolute atomic E-state index is 13.2. The molecule has 0 aliphatic carbocycles. The third kappa shape index (κ3) is 2.81. The first kappa shape index (κ1) is 12.0. The summed E-state index contributed by atoms with van der Waals surface area (Å²) in [5, 5.41) is 7.95. The lowest BCUT2D eigenvalue weighted by Gasteiger charge is -2.02. The molecule has 1 atom stereocenters. The second-order valence-electron chi connectivity index (χ2n) is 3.88. The largest absolute Gasteiger partial charge is 0.323 e. The predicted octanol–water partition coefficient (Wildman–Crippen LogP) is 2.14. The Kier molecular flexibility index (Phi) is 3.40. The Bertz CT molecular complexity index is 524. The summed E-state index contributed by atoms with van der Waals surface area (Å²) < 4.78 is 14.8. The SMILES string of the molecule is CC(N)c1cn(Cc2ccc(Cl)c(F)c2)nn1. The molecule has 0 spiro atoms. The third-order valence-corrected chi connectivity index (χ3v) is 2.66. The number of halogens is 2. The van der Waals surface area contributed by atoms with Crippen molar-refractivity contribution in [1.29, 1.82) is 0 Å². The van der Waals surface area contributed by atoms with Gasteiger partial charge in [0.25, 0.3) is 0 Å². The normalized spacial score (nSPS) is 12.7. The molecule has 90 valence electrons. The lowest BCUT2D eigenvalue weighted by Crippen LogP contribution is -2.05.